The molecule has 0 aliphatic rings. The molecule has 9 heteroatoms. The lowest BCUT2D eigenvalue weighted by molar-refractivity contribution is 0.244. The quantitative estimate of drug-likeness (QED) is 0.667. The summed E-state index contributed by atoms with van der Waals surface area (Å²) in [7, 11) is 0. The Kier molecular flexibility index (Phi) is 5.11. The van der Waals surface area contributed by atoms with Crippen molar-refractivity contribution in [1.82, 2.24) is 15.5 Å². The molecular formula is C18H15F3N4O2. The number of carbonyl (C=O) groups is 1. The van der Waals surface area contributed by atoms with Crippen molar-refractivity contribution >= 4 is 6.03 Å². The molecule has 3 aromatic rings. The third-order valence-corrected chi connectivity index (χ3v) is 3.97. The summed E-state index contributed by atoms with van der Waals surface area (Å²) in [6, 6.07) is 7.61. The van der Waals surface area contributed by atoms with E-state index in [0.29, 0.717) is 0 Å². The molecule has 27 heavy (non-hydrogen) atoms. The van der Waals surface area contributed by atoms with Crippen molar-refractivity contribution in [2.24, 2.45) is 5.73 Å². The van der Waals surface area contributed by atoms with Crippen LogP contribution >= 0.6 is 0 Å². The second-order valence-corrected chi connectivity index (χ2v) is 5.89. The lowest BCUT2D eigenvalue weighted by atomic mass is 9.99. The highest BCUT2D eigenvalue weighted by Gasteiger charge is 2.21. The van der Waals surface area contributed by atoms with E-state index in [9.17, 15) is 18.0 Å². The van der Waals surface area contributed by atoms with Crippen LogP contribution in [0.1, 0.15) is 23.1 Å². The molecule has 140 valence electrons. The van der Waals surface area contributed by atoms with Gasteiger partial charge in [0.2, 0.25) is 11.7 Å². The summed E-state index contributed by atoms with van der Waals surface area (Å²) >= 11 is 0. The Labute approximate surface area is 152 Å². The number of nitrogens with zero attached hydrogens (tertiary/aromatic N) is 2. The number of hydrogen-bond donors (Lipinski definition) is 2. The highest BCUT2D eigenvalue weighted by molar-refractivity contribution is 5.72. The molecule has 1 atom stereocenters. The molecule has 0 radical (unpaired) electrons. The number of primary amides is 1. The van der Waals surface area contributed by atoms with E-state index in [1.54, 1.807) is 6.07 Å². The molecule has 3 N–H and O–H groups in total. The van der Waals surface area contributed by atoms with Gasteiger partial charge in [-0.2, -0.15) is 4.98 Å². The highest BCUT2D eigenvalue weighted by Crippen LogP contribution is 2.24. The number of halogens is 3. The van der Waals surface area contributed by atoms with Crippen LogP contribution in [0.15, 0.2) is 40.9 Å². The van der Waals surface area contributed by atoms with E-state index in [2.05, 4.69) is 15.5 Å². The molecule has 0 saturated heterocycles. The lowest BCUT2D eigenvalue weighted by Gasteiger charge is -2.18. The fourth-order valence-corrected chi connectivity index (χ4v) is 2.70. The van der Waals surface area contributed by atoms with E-state index >= 15 is 0 Å². The number of rotatable bonds is 5. The van der Waals surface area contributed by atoms with Gasteiger partial charge in [0.25, 0.3) is 0 Å². The molecule has 0 aliphatic carbocycles. The monoisotopic (exact) mass is 376 g/mol. The molecule has 2 aromatic carbocycles. The number of amides is 2. The van der Waals surface area contributed by atoms with E-state index < -0.39 is 29.5 Å². The summed E-state index contributed by atoms with van der Waals surface area (Å²) in [6.45, 7) is 1.87. The molecule has 1 heterocycles. The van der Waals surface area contributed by atoms with Crippen LogP contribution in [0.2, 0.25) is 0 Å². The minimum absolute atomic E-state index is 0.0725. The zero-order valence-electron chi connectivity index (χ0n) is 14.2. The predicted molar refractivity (Wildman–Crippen MR) is 90.0 cm³/mol. The number of hydrogen-bond acceptors (Lipinski definition) is 4. The molecule has 3 rings (SSSR count). The summed E-state index contributed by atoms with van der Waals surface area (Å²) in [4.78, 5) is 15.4. The van der Waals surface area contributed by atoms with Crippen molar-refractivity contribution < 1.29 is 22.5 Å². The van der Waals surface area contributed by atoms with Crippen LogP contribution in [0.25, 0.3) is 11.4 Å². The SMILES string of the molecule is Cc1ccccc1[C@@H](Cc1nc(-c2cc(F)c(F)c(F)c2)no1)NC(N)=O. The summed E-state index contributed by atoms with van der Waals surface area (Å²) < 4.78 is 45.0. The van der Waals surface area contributed by atoms with E-state index in [-0.39, 0.29) is 23.7 Å². The Hall–Kier alpha value is -3.36. The minimum atomic E-state index is -1.58. The molecule has 0 unspecified atom stereocenters. The first-order valence-corrected chi connectivity index (χ1v) is 7.94. The van der Waals surface area contributed by atoms with Crippen molar-refractivity contribution in [2.75, 3.05) is 0 Å². The molecule has 6 nitrogen and oxygen atoms in total. The summed E-state index contributed by atoms with van der Waals surface area (Å²) in [5, 5.41) is 6.26. The summed E-state index contributed by atoms with van der Waals surface area (Å²) in [5.74, 6) is -4.29. The number of aromatic nitrogens is 2. The van der Waals surface area contributed by atoms with E-state index in [1.807, 2.05) is 25.1 Å². The van der Waals surface area contributed by atoms with Crippen molar-refractivity contribution in [2.45, 2.75) is 19.4 Å². The van der Waals surface area contributed by atoms with Crippen molar-refractivity contribution in [1.29, 1.82) is 0 Å². The Morgan fingerprint density at radius 3 is 2.52 bits per heavy atom. The van der Waals surface area contributed by atoms with Gasteiger partial charge >= 0.3 is 6.03 Å². The number of carbonyl (C=O) groups excluding carboxylic acids is 1. The number of urea groups is 1. The highest BCUT2D eigenvalue weighted by atomic mass is 19.2. The Morgan fingerprint density at radius 1 is 1.22 bits per heavy atom. The fraction of sp³-hybridized carbons (Fsp3) is 0.167. The van der Waals surface area contributed by atoms with Crippen LogP contribution in [-0.2, 0) is 6.42 Å². The van der Waals surface area contributed by atoms with Gasteiger partial charge in [-0.3, -0.25) is 0 Å². The summed E-state index contributed by atoms with van der Waals surface area (Å²) in [6.07, 6.45) is 0.104. The van der Waals surface area contributed by atoms with Gasteiger partial charge in [0.15, 0.2) is 17.5 Å². The zero-order valence-corrected chi connectivity index (χ0v) is 14.2. The van der Waals surface area contributed by atoms with Crippen LogP contribution in [0.5, 0.6) is 0 Å². The zero-order chi connectivity index (χ0) is 19.6. The fourth-order valence-electron chi connectivity index (χ4n) is 2.70. The molecule has 0 saturated carbocycles. The third kappa shape index (κ3) is 4.08. The number of benzene rings is 2. The van der Waals surface area contributed by atoms with Gasteiger partial charge in [-0.1, -0.05) is 29.4 Å². The van der Waals surface area contributed by atoms with Gasteiger partial charge in [-0.05, 0) is 30.2 Å². The molecule has 1 aromatic heterocycles. The second-order valence-electron chi connectivity index (χ2n) is 5.89. The van der Waals surface area contributed by atoms with Crippen LogP contribution in [-0.4, -0.2) is 16.2 Å². The maximum Gasteiger partial charge on any atom is 0.312 e. The van der Waals surface area contributed by atoms with E-state index in [1.165, 1.54) is 0 Å². The molecule has 0 spiro atoms. The maximum absolute atomic E-state index is 13.4. The molecule has 0 aliphatic heterocycles. The van der Waals surface area contributed by atoms with Crippen LogP contribution in [0.4, 0.5) is 18.0 Å². The largest absolute Gasteiger partial charge is 0.352 e. The maximum atomic E-state index is 13.4. The second kappa shape index (κ2) is 7.48. The van der Waals surface area contributed by atoms with Gasteiger partial charge in [-0.15, -0.1) is 0 Å². The lowest BCUT2D eigenvalue weighted by Crippen LogP contribution is -2.34. The van der Waals surface area contributed by atoms with Crippen LogP contribution < -0.4 is 11.1 Å². The topological polar surface area (TPSA) is 94.0 Å². The number of aryl methyl sites for hydroxylation is 1. The third-order valence-electron chi connectivity index (χ3n) is 3.97. The first-order valence-electron chi connectivity index (χ1n) is 7.94. The average Bonchev–Trinajstić information content (AvgIpc) is 3.07. The van der Waals surface area contributed by atoms with Gasteiger partial charge in [0, 0.05) is 5.56 Å². The van der Waals surface area contributed by atoms with Crippen molar-refractivity contribution in [3.63, 3.8) is 0 Å². The molecule has 2 amide bonds. The van der Waals surface area contributed by atoms with Gasteiger partial charge in [0.1, 0.15) is 0 Å². The van der Waals surface area contributed by atoms with Crippen LogP contribution in [0, 0.1) is 24.4 Å². The van der Waals surface area contributed by atoms with Crippen LogP contribution in [0.3, 0.4) is 0 Å². The Balaban J connectivity index is 1.88. The van der Waals surface area contributed by atoms with Gasteiger partial charge < -0.3 is 15.6 Å². The average molecular weight is 376 g/mol. The minimum Gasteiger partial charge on any atom is -0.352 e. The molecule has 0 bridgehead atoms. The van der Waals surface area contributed by atoms with E-state index in [0.717, 1.165) is 23.3 Å². The van der Waals surface area contributed by atoms with Gasteiger partial charge in [0.05, 0.1) is 12.5 Å². The Bertz CT molecular complexity index is 967. The molecular weight excluding hydrogens is 361 g/mol. The van der Waals surface area contributed by atoms with Crippen molar-refractivity contribution in [3.05, 3.63) is 70.9 Å². The predicted octanol–water partition coefficient (Wildman–Crippen LogP) is 3.41. The normalized spacial score (nSPS) is 12.0. The molecule has 0 fully saturated rings. The summed E-state index contributed by atoms with van der Waals surface area (Å²) in [5.41, 5.74) is 6.89. The Morgan fingerprint density at radius 2 is 1.89 bits per heavy atom. The number of nitrogens with two attached hydrogens (primary N) is 1. The number of nitrogens with one attached hydrogen (secondary N) is 1. The van der Waals surface area contributed by atoms with Gasteiger partial charge in [-0.25, -0.2) is 18.0 Å². The smallest absolute Gasteiger partial charge is 0.312 e. The first kappa shape index (κ1) is 18.4. The van der Waals surface area contributed by atoms with Crippen molar-refractivity contribution in [3.8, 4) is 11.4 Å². The van der Waals surface area contributed by atoms with E-state index in [4.69, 9.17) is 10.3 Å². The standard InChI is InChI=1S/C18H15F3N4O2/c1-9-4-2-3-5-11(9)14(23-18(22)26)8-15-24-17(25-27-15)10-6-12(19)16(21)13(20)7-10/h2-7,14H,8H2,1H3,(H3,22,23,26)/t14-/m1/s1. The first-order chi connectivity index (χ1) is 12.8.